The number of para-hydroxylation sites is 1. The van der Waals surface area contributed by atoms with Gasteiger partial charge in [0.1, 0.15) is 5.69 Å². The molecule has 0 unspecified atom stereocenters. The molecule has 20 heavy (non-hydrogen) atoms. The van der Waals surface area contributed by atoms with Crippen molar-refractivity contribution in [2.24, 2.45) is 0 Å². The van der Waals surface area contributed by atoms with Gasteiger partial charge in [0.2, 0.25) is 5.91 Å². The first kappa shape index (κ1) is 12.9. The molecule has 0 atom stereocenters. The van der Waals surface area contributed by atoms with E-state index in [0.29, 0.717) is 12.2 Å². The summed E-state index contributed by atoms with van der Waals surface area (Å²) in [6.07, 6.45) is 3.38. The van der Waals surface area contributed by atoms with Crippen LogP contribution in [0.25, 0.3) is 11.0 Å². The van der Waals surface area contributed by atoms with Gasteiger partial charge in [0.05, 0.1) is 6.42 Å². The molecule has 0 aliphatic carbocycles. The van der Waals surface area contributed by atoms with Gasteiger partial charge in [-0.1, -0.05) is 28.9 Å². The second-order valence-electron chi connectivity index (χ2n) is 4.90. The van der Waals surface area contributed by atoms with Gasteiger partial charge < -0.3 is 15.2 Å². The molecule has 0 fully saturated rings. The van der Waals surface area contributed by atoms with Crippen LogP contribution in [0.15, 0.2) is 40.4 Å². The maximum atomic E-state index is 12.0. The average Bonchev–Trinajstić information content (AvgIpc) is 2.90. The summed E-state index contributed by atoms with van der Waals surface area (Å²) in [6, 6.07) is 7.58. The van der Waals surface area contributed by atoms with Crippen LogP contribution in [0.4, 0.5) is 0 Å². The predicted molar refractivity (Wildman–Crippen MR) is 76.3 cm³/mol. The number of nitrogens with one attached hydrogen (secondary N) is 2. The molecule has 1 aliphatic heterocycles. The molecule has 2 aromatic rings. The molecular weight excluding hydrogens is 254 g/mol. The second kappa shape index (κ2) is 5.88. The Balaban J connectivity index is 1.60. The van der Waals surface area contributed by atoms with Crippen LogP contribution < -0.4 is 10.6 Å². The maximum absolute atomic E-state index is 12.0. The summed E-state index contributed by atoms with van der Waals surface area (Å²) in [5.41, 5.74) is 2.69. The predicted octanol–water partition coefficient (Wildman–Crippen LogP) is 1.41. The van der Waals surface area contributed by atoms with Gasteiger partial charge in [-0.15, -0.1) is 0 Å². The Morgan fingerprint density at radius 1 is 1.40 bits per heavy atom. The molecule has 0 bridgehead atoms. The molecule has 0 saturated heterocycles. The quantitative estimate of drug-likeness (QED) is 0.825. The molecule has 1 aromatic carbocycles. The summed E-state index contributed by atoms with van der Waals surface area (Å²) in [7, 11) is 0. The van der Waals surface area contributed by atoms with E-state index in [0.717, 1.165) is 30.5 Å². The zero-order chi connectivity index (χ0) is 13.8. The van der Waals surface area contributed by atoms with E-state index in [4.69, 9.17) is 4.52 Å². The molecule has 1 aromatic heterocycles. The number of benzene rings is 1. The lowest BCUT2D eigenvalue weighted by molar-refractivity contribution is -0.120. The lowest BCUT2D eigenvalue weighted by Crippen LogP contribution is -2.30. The van der Waals surface area contributed by atoms with Crippen LogP contribution in [0.1, 0.15) is 12.1 Å². The minimum atomic E-state index is -0.0246. The number of fused-ring (bicyclic) bond motifs is 1. The Kier molecular flexibility index (Phi) is 3.78. The first-order valence-electron chi connectivity index (χ1n) is 6.81. The van der Waals surface area contributed by atoms with Gasteiger partial charge in [-0.25, -0.2) is 0 Å². The van der Waals surface area contributed by atoms with E-state index in [1.54, 1.807) is 0 Å². The molecule has 2 heterocycles. The second-order valence-corrected chi connectivity index (χ2v) is 4.90. The van der Waals surface area contributed by atoms with Crippen LogP contribution in [0, 0.1) is 0 Å². The van der Waals surface area contributed by atoms with Crippen LogP contribution >= 0.6 is 0 Å². The molecule has 104 valence electrons. The lowest BCUT2D eigenvalue weighted by Gasteiger charge is -2.14. The molecule has 5 heteroatoms. The summed E-state index contributed by atoms with van der Waals surface area (Å²) < 4.78 is 5.19. The van der Waals surface area contributed by atoms with E-state index in [-0.39, 0.29) is 12.3 Å². The van der Waals surface area contributed by atoms with Crippen LogP contribution in [-0.2, 0) is 11.2 Å². The van der Waals surface area contributed by atoms with Gasteiger partial charge in [0, 0.05) is 18.5 Å². The fourth-order valence-electron chi connectivity index (χ4n) is 2.32. The monoisotopic (exact) mass is 271 g/mol. The first-order chi connectivity index (χ1) is 9.83. The van der Waals surface area contributed by atoms with Gasteiger partial charge in [-0.3, -0.25) is 4.79 Å². The first-order valence-corrected chi connectivity index (χ1v) is 6.81. The number of carbonyl (C=O) groups excluding carboxylic acids is 1. The Hall–Kier alpha value is -2.14. The van der Waals surface area contributed by atoms with E-state index < -0.39 is 0 Å². The van der Waals surface area contributed by atoms with Gasteiger partial charge >= 0.3 is 0 Å². The third-order valence-electron chi connectivity index (χ3n) is 3.45. The molecule has 0 radical (unpaired) electrons. The van der Waals surface area contributed by atoms with Crippen molar-refractivity contribution in [1.29, 1.82) is 0 Å². The highest BCUT2D eigenvalue weighted by molar-refractivity contribution is 5.86. The number of rotatable bonds is 4. The van der Waals surface area contributed by atoms with Crippen molar-refractivity contribution >= 4 is 16.9 Å². The number of hydrogen-bond donors (Lipinski definition) is 2. The van der Waals surface area contributed by atoms with Crippen molar-refractivity contribution in [2.45, 2.75) is 12.8 Å². The average molecular weight is 271 g/mol. The smallest absolute Gasteiger partial charge is 0.226 e. The molecule has 0 spiro atoms. The van der Waals surface area contributed by atoms with E-state index in [1.165, 1.54) is 5.57 Å². The third kappa shape index (κ3) is 2.88. The fourth-order valence-corrected chi connectivity index (χ4v) is 2.32. The van der Waals surface area contributed by atoms with Gasteiger partial charge in [-0.05, 0) is 25.1 Å². The van der Waals surface area contributed by atoms with E-state index >= 15 is 0 Å². The van der Waals surface area contributed by atoms with Crippen LogP contribution in [-0.4, -0.2) is 30.7 Å². The summed E-state index contributed by atoms with van der Waals surface area (Å²) in [5.74, 6) is -0.0246. The molecule has 1 amide bonds. The summed E-state index contributed by atoms with van der Waals surface area (Å²) in [4.78, 5) is 12.0. The van der Waals surface area contributed by atoms with Crippen molar-refractivity contribution in [2.75, 3.05) is 19.6 Å². The van der Waals surface area contributed by atoms with E-state index in [1.807, 2.05) is 24.3 Å². The van der Waals surface area contributed by atoms with Crippen LogP contribution in [0.5, 0.6) is 0 Å². The summed E-state index contributed by atoms with van der Waals surface area (Å²) >= 11 is 0. The minimum absolute atomic E-state index is 0.0246. The van der Waals surface area contributed by atoms with Crippen molar-refractivity contribution in [3.05, 3.63) is 41.6 Å². The Morgan fingerprint density at radius 3 is 3.15 bits per heavy atom. The zero-order valence-electron chi connectivity index (χ0n) is 11.2. The van der Waals surface area contributed by atoms with Gasteiger partial charge in [0.25, 0.3) is 0 Å². The van der Waals surface area contributed by atoms with Crippen molar-refractivity contribution < 1.29 is 9.32 Å². The third-order valence-corrected chi connectivity index (χ3v) is 3.45. The Labute approximate surface area is 117 Å². The summed E-state index contributed by atoms with van der Waals surface area (Å²) in [6.45, 7) is 2.49. The fraction of sp³-hybridized carbons (Fsp3) is 0.333. The standard InChI is InChI=1S/C15H17N3O2/c19-15(17-10-11-5-7-16-8-6-11)9-13-12-3-1-2-4-14(12)20-18-13/h1-5,16H,6-10H2,(H,17,19). The van der Waals surface area contributed by atoms with Crippen molar-refractivity contribution in [1.82, 2.24) is 15.8 Å². The van der Waals surface area contributed by atoms with Crippen molar-refractivity contribution in [3.8, 4) is 0 Å². The van der Waals surface area contributed by atoms with Crippen LogP contribution in [0.3, 0.4) is 0 Å². The van der Waals surface area contributed by atoms with Gasteiger partial charge in [-0.2, -0.15) is 0 Å². The maximum Gasteiger partial charge on any atom is 0.226 e. The molecule has 2 N–H and O–H groups in total. The highest BCUT2D eigenvalue weighted by atomic mass is 16.5. The normalized spacial score (nSPS) is 15.1. The Morgan fingerprint density at radius 2 is 2.30 bits per heavy atom. The Bertz CT molecular complexity index is 645. The number of amides is 1. The summed E-state index contributed by atoms with van der Waals surface area (Å²) in [5, 5.41) is 11.1. The minimum Gasteiger partial charge on any atom is -0.356 e. The van der Waals surface area contributed by atoms with E-state index in [9.17, 15) is 4.79 Å². The van der Waals surface area contributed by atoms with Gasteiger partial charge in [0.15, 0.2) is 5.58 Å². The molecule has 0 saturated carbocycles. The highest BCUT2D eigenvalue weighted by Gasteiger charge is 2.12. The van der Waals surface area contributed by atoms with Crippen molar-refractivity contribution in [3.63, 3.8) is 0 Å². The molecule has 3 rings (SSSR count). The SMILES string of the molecule is O=C(Cc1noc2ccccc12)NCC1=CCNCC1. The largest absolute Gasteiger partial charge is 0.356 e. The number of nitrogens with zero attached hydrogens (tertiary/aromatic N) is 1. The lowest BCUT2D eigenvalue weighted by atomic mass is 10.1. The highest BCUT2D eigenvalue weighted by Crippen LogP contribution is 2.17. The zero-order valence-corrected chi connectivity index (χ0v) is 11.2. The molecule has 1 aliphatic rings. The number of aromatic nitrogens is 1. The molecule has 5 nitrogen and oxygen atoms in total. The topological polar surface area (TPSA) is 67.2 Å². The number of carbonyl (C=O) groups is 1. The van der Waals surface area contributed by atoms with E-state index in [2.05, 4.69) is 21.9 Å². The number of hydrogen-bond acceptors (Lipinski definition) is 4. The van der Waals surface area contributed by atoms with Crippen LogP contribution in [0.2, 0.25) is 0 Å². The molecular formula is C15H17N3O2.